The average Bonchev–Trinajstić information content (AvgIpc) is 2.18. The van der Waals surface area contributed by atoms with Gasteiger partial charge in [-0.1, -0.05) is 0 Å². The summed E-state index contributed by atoms with van der Waals surface area (Å²) in [5, 5.41) is 9.74. The number of aliphatic hydroxyl groups is 1. The molecule has 80 valence electrons. The summed E-state index contributed by atoms with van der Waals surface area (Å²) < 4.78 is 15.3. The standard InChI is InChI=1S/C7H18O4SSi/c1-9-13(10-2,11-3)7(8)5-4-6-12/h7-8,12H,4-6H2,1-3H3. The van der Waals surface area contributed by atoms with Gasteiger partial charge in [0.05, 0.1) is 0 Å². The van der Waals surface area contributed by atoms with Gasteiger partial charge in [-0.2, -0.15) is 12.6 Å². The third kappa shape index (κ3) is 3.57. The zero-order valence-electron chi connectivity index (χ0n) is 8.32. The average molecular weight is 226 g/mol. The molecule has 1 atom stereocenters. The Morgan fingerprint density at radius 2 is 1.69 bits per heavy atom. The lowest BCUT2D eigenvalue weighted by atomic mass is 10.4. The van der Waals surface area contributed by atoms with Gasteiger partial charge < -0.3 is 18.4 Å². The fourth-order valence-corrected chi connectivity index (χ4v) is 3.18. The normalized spacial score (nSPS) is 14.5. The maximum absolute atomic E-state index is 9.74. The van der Waals surface area contributed by atoms with Crippen LogP contribution in [0, 0.1) is 0 Å². The van der Waals surface area contributed by atoms with Gasteiger partial charge in [0.25, 0.3) is 0 Å². The number of hydrogen-bond donors (Lipinski definition) is 2. The maximum atomic E-state index is 9.74. The Morgan fingerprint density at radius 3 is 2.00 bits per heavy atom. The molecule has 0 heterocycles. The van der Waals surface area contributed by atoms with E-state index in [1.54, 1.807) is 0 Å². The summed E-state index contributed by atoms with van der Waals surface area (Å²) in [7, 11) is 1.63. The van der Waals surface area contributed by atoms with Gasteiger partial charge in [0, 0.05) is 21.3 Å². The molecule has 4 nitrogen and oxygen atoms in total. The molecule has 1 N–H and O–H groups in total. The van der Waals surface area contributed by atoms with Crippen molar-refractivity contribution in [3.63, 3.8) is 0 Å². The highest BCUT2D eigenvalue weighted by molar-refractivity contribution is 7.80. The van der Waals surface area contributed by atoms with E-state index in [0.717, 1.165) is 12.2 Å². The van der Waals surface area contributed by atoms with E-state index in [1.807, 2.05) is 0 Å². The van der Waals surface area contributed by atoms with E-state index in [1.165, 1.54) is 21.3 Å². The monoisotopic (exact) mass is 226 g/mol. The van der Waals surface area contributed by atoms with Gasteiger partial charge in [-0.3, -0.25) is 0 Å². The van der Waals surface area contributed by atoms with Gasteiger partial charge in [0.1, 0.15) is 5.73 Å². The summed E-state index contributed by atoms with van der Waals surface area (Å²) in [6, 6.07) is 0. The number of aliphatic hydroxyl groups excluding tert-OH is 1. The van der Waals surface area contributed by atoms with E-state index in [2.05, 4.69) is 12.6 Å². The Balaban J connectivity index is 4.17. The molecule has 0 aliphatic heterocycles. The summed E-state index contributed by atoms with van der Waals surface area (Å²) in [6.45, 7) is 0. The molecular weight excluding hydrogens is 208 g/mol. The van der Waals surface area contributed by atoms with Crippen LogP contribution in [0.2, 0.25) is 0 Å². The zero-order chi connectivity index (χ0) is 10.3. The molecule has 0 saturated carbocycles. The number of thiol groups is 1. The molecule has 0 aromatic heterocycles. The molecule has 1 unspecified atom stereocenters. The number of rotatable bonds is 7. The Hall–Kier alpha value is 0.407. The van der Waals surface area contributed by atoms with Crippen molar-refractivity contribution >= 4 is 21.4 Å². The number of hydrogen-bond acceptors (Lipinski definition) is 5. The van der Waals surface area contributed by atoms with Crippen molar-refractivity contribution < 1.29 is 18.4 Å². The van der Waals surface area contributed by atoms with Crippen LogP contribution in [0.1, 0.15) is 12.8 Å². The molecule has 0 radical (unpaired) electrons. The first-order chi connectivity index (χ1) is 6.16. The van der Waals surface area contributed by atoms with Crippen molar-refractivity contribution in [2.24, 2.45) is 0 Å². The highest BCUT2D eigenvalue weighted by Crippen LogP contribution is 2.16. The summed E-state index contributed by atoms with van der Waals surface area (Å²) in [6.07, 6.45) is 1.40. The molecule has 0 aromatic carbocycles. The molecule has 13 heavy (non-hydrogen) atoms. The van der Waals surface area contributed by atoms with Gasteiger partial charge >= 0.3 is 8.80 Å². The van der Waals surface area contributed by atoms with Crippen molar-refractivity contribution in [1.82, 2.24) is 0 Å². The zero-order valence-corrected chi connectivity index (χ0v) is 10.2. The third-order valence-corrected chi connectivity index (χ3v) is 5.03. The predicted octanol–water partition coefficient (Wildman–Crippen LogP) is 0.475. The van der Waals surface area contributed by atoms with Crippen molar-refractivity contribution in [3.05, 3.63) is 0 Å². The Bertz CT molecular complexity index is 123. The molecule has 0 bridgehead atoms. The molecule has 0 aliphatic carbocycles. The van der Waals surface area contributed by atoms with Crippen LogP contribution >= 0.6 is 12.6 Å². The van der Waals surface area contributed by atoms with Crippen molar-refractivity contribution in [3.8, 4) is 0 Å². The maximum Gasteiger partial charge on any atom is 0.530 e. The quantitative estimate of drug-likeness (QED) is 0.489. The molecular formula is C7H18O4SSi. The highest BCUT2D eigenvalue weighted by atomic mass is 32.1. The van der Waals surface area contributed by atoms with Crippen molar-refractivity contribution in [2.75, 3.05) is 27.1 Å². The predicted molar refractivity (Wildman–Crippen MR) is 55.9 cm³/mol. The summed E-state index contributed by atoms with van der Waals surface area (Å²) in [5.41, 5.74) is -0.667. The molecule has 6 heteroatoms. The molecule has 0 aromatic rings. The van der Waals surface area contributed by atoms with E-state index in [0.29, 0.717) is 6.42 Å². The second-order valence-corrected chi connectivity index (χ2v) is 6.14. The largest absolute Gasteiger partial charge is 0.530 e. The van der Waals surface area contributed by atoms with Crippen LogP contribution in [-0.2, 0) is 13.3 Å². The SMILES string of the molecule is CO[Si](OC)(OC)C(O)CCCS. The lowest BCUT2D eigenvalue weighted by molar-refractivity contribution is 0.0553. The highest BCUT2D eigenvalue weighted by Gasteiger charge is 2.46. The molecule has 0 spiro atoms. The molecule has 0 saturated heterocycles. The van der Waals surface area contributed by atoms with Crippen LogP contribution in [0.3, 0.4) is 0 Å². The molecule has 0 rings (SSSR count). The van der Waals surface area contributed by atoms with Crippen molar-refractivity contribution in [1.29, 1.82) is 0 Å². The van der Waals surface area contributed by atoms with Crippen LogP contribution in [0.5, 0.6) is 0 Å². The second kappa shape index (κ2) is 6.80. The lowest BCUT2D eigenvalue weighted by Gasteiger charge is -2.28. The third-order valence-electron chi connectivity index (χ3n) is 1.90. The van der Waals surface area contributed by atoms with Gasteiger partial charge in [-0.05, 0) is 18.6 Å². The smallest absolute Gasteiger partial charge is 0.389 e. The van der Waals surface area contributed by atoms with E-state index in [9.17, 15) is 5.11 Å². The Labute approximate surface area is 86.0 Å². The van der Waals surface area contributed by atoms with Gasteiger partial charge in [0.2, 0.25) is 0 Å². The summed E-state index contributed by atoms with van der Waals surface area (Å²) in [4.78, 5) is 0. The van der Waals surface area contributed by atoms with Gasteiger partial charge in [-0.25, -0.2) is 0 Å². The molecule has 0 fully saturated rings. The minimum Gasteiger partial charge on any atom is -0.389 e. The van der Waals surface area contributed by atoms with E-state index >= 15 is 0 Å². The van der Waals surface area contributed by atoms with Crippen LogP contribution in [-0.4, -0.2) is 46.7 Å². The van der Waals surface area contributed by atoms with E-state index < -0.39 is 14.5 Å². The van der Waals surface area contributed by atoms with Crippen LogP contribution in [0.15, 0.2) is 0 Å². The minimum absolute atomic E-state index is 0.589. The van der Waals surface area contributed by atoms with Crippen LogP contribution in [0.4, 0.5) is 0 Å². The summed E-state index contributed by atoms with van der Waals surface area (Å²) in [5.74, 6) is 0.735. The fourth-order valence-electron chi connectivity index (χ4n) is 1.12. The lowest BCUT2D eigenvalue weighted by Crippen LogP contribution is -2.54. The second-order valence-electron chi connectivity index (χ2n) is 2.60. The van der Waals surface area contributed by atoms with Crippen LogP contribution in [0.25, 0.3) is 0 Å². The van der Waals surface area contributed by atoms with Crippen molar-refractivity contribution in [2.45, 2.75) is 18.6 Å². The van der Waals surface area contributed by atoms with E-state index in [4.69, 9.17) is 13.3 Å². The first kappa shape index (κ1) is 13.4. The summed E-state index contributed by atoms with van der Waals surface area (Å²) >= 11 is 4.06. The van der Waals surface area contributed by atoms with E-state index in [-0.39, 0.29) is 0 Å². The molecule has 0 amide bonds. The fraction of sp³-hybridized carbons (Fsp3) is 1.00. The minimum atomic E-state index is -2.84. The topological polar surface area (TPSA) is 47.9 Å². The van der Waals surface area contributed by atoms with Gasteiger partial charge in [-0.15, -0.1) is 0 Å². The van der Waals surface area contributed by atoms with Crippen LogP contribution < -0.4 is 0 Å². The Kier molecular flexibility index (Phi) is 7.01. The van der Waals surface area contributed by atoms with Gasteiger partial charge in [0.15, 0.2) is 0 Å². The first-order valence-electron chi connectivity index (χ1n) is 4.11. The first-order valence-corrected chi connectivity index (χ1v) is 6.54. The molecule has 0 aliphatic rings. The Morgan fingerprint density at radius 1 is 1.23 bits per heavy atom.